The lowest BCUT2D eigenvalue weighted by molar-refractivity contribution is -0.0491. The Balaban J connectivity index is 1.78. The van der Waals surface area contributed by atoms with Gasteiger partial charge in [-0.25, -0.2) is 15.0 Å². The fourth-order valence-corrected chi connectivity index (χ4v) is 3.67. The lowest BCUT2D eigenvalue weighted by Crippen LogP contribution is -2.44. The smallest absolute Gasteiger partial charge is 0.192 e. The molecular weight excluding hydrogens is 354 g/mol. The van der Waals surface area contributed by atoms with Gasteiger partial charge in [0.05, 0.1) is 12.9 Å². The zero-order valence-corrected chi connectivity index (χ0v) is 16.7. The molecule has 2 aromatic rings. The average molecular weight is 382 g/mol. The molecule has 0 radical (unpaired) electrons. The van der Waals surface area contributed by atoms with Crippen molar-refractivity contribution >= 4 is 25.3 Å². The molecule has 0 saturated carbocycles. The first-order valence-electron chi connectivity index (χ1n) is 8.61. The van der Waals surface area contributed by atoms with E-state index in [1.807, 2.05) is 0 Å². The van der Waals surface area contributed by atoms with Gasteiger partial charge in [-0.3, -0.25) is 4.57 Å². The topological polar surface area (TPSA) is 129 Å². The minimum atomic E-state index is -1.99. The van der Waals surface area contributed by atoms with Gasteiger partial charge < -0.3 is 25.1 Å². The number of aliphatic hydroxyl groups excluding tert-OH is 2. The number of hydrogen-bond donors (Lipinski definition) is 3. The Morgan fingerprint density at radius 2 is 1.92 bits per heavy atom. The van der Waals surface area contributed by atoms with E-state index in [4.69, 9.17) is 14.9 Å². The van der Waals surface area contributed by atoms with Gasteiger partial charge in [-0.2, -0.15) is 0 Å². The van der Waals surface area contributed by atoms with Crippen molar-refractivity contribution in [2.45, 2.75) is 63.4 Å². The van der Waals surface area contributed by atoms with Crippen LogP contribution in [0.15, 0.2) is 12.7 Å². The lowest BCUT2D eigenvalue weighted by Gasteiger charge is -2.37. The molecule has 4 atom stereocenters. The molecule has 2 aromatic heterocycles. The van der Waals surface area contributed by atoms with Gasteiger partial charge >= 0.3 is 0 Å². The second-order valence-electron chi connectivity index (χ2n) is 8.20. The number of aromatic nitrogens is 4. The van der Waals surface area contributed by atoms with E-state index >= 15 is 0 Å². The van der Waals surface area contributed by atoms with Crippen LogP contribution in [0.25, 0.3) is 11.2 Å². The summed E-state index contributed by atoms with van der Waals surface area (Å²) in [5.74, 6) is 0.250. The van der Waals surface area contributed by atoms with Crippen molar-refractivity contribution in [3.63, 3.8) is 0 Å². The maximum Gasteiger partial charge on any atom is 0.192 e. The van der Waals surface area contributed by atoms with Gasteiger partial charge in [0.25, 0.3) is 0 Å². The zero-order valence-electron chi connectivity index (χ0n) is 15.7. The maximum absolute atomic E-state index is 10.5. The number of fused-ring (bicyclic) bond motifs is 1. The Kier molecular flexibility index (Phi) is 4.82. The third kappa shape index (κ3) is 3.23. The van der Waals surface area contributed by atoms with Crippen LogP contribution in [0.4, 0.5) is 5.82 Å². The van der Waals surface area contributed by atoms with Crippen LogP contribution in [-0.4, -0.2) is 63.0 Å². The summed E-state index contributed by atoms with van der Waals surface area (Å²) in [5, 5.41) is 20.9. The summed E-state index contributed by atoms with van der Waals surface area (Å²) >= 11 is 0. The number of nitrogens with zero attached hydrogens (tertiary/aromatic N) is 4. The van der Waals surface area contributed by atoms with Crippen molar-refractivity contribution in [3.8, 4) is 0 Å². The van der Waals surface area contributed by atoms with Crippen molar-refractivity contribution in [1.82, 2.24) is 19.5 Å². The standard InChI is InChI=1S/C16H27N5O4Si/c1-16(2,3)26(4,5)24-6-9-11(22)12(23)15(25-9)21-8-20-10-13(17)18-7-19-14(10)21/h7-9,11-12,15,22-23H,6H2,1-5H3,(H2,17,18,19)/t9-,11+,12-,15-/m0/s1. The lowest BCUT2D eigenvalue weighted by atomic mass is 10.1. The summed E-state index contributed by atoms with van der Waals surface area (Å²) < 4.78 is 13.6. The molecule has 1 aliphatic heterocycles. The summed E-state index contributed by atoms with van der Waals surface area (Å²) in [7, 11) is -1.99. The minimum absolute atomic E-state index is 0.0452. The van der Waals surface area contributed by atoms with Gasteiger partial charge in [0.15, 0.2) is 26.0 Å². The Morgan fingerprint density at radius 1 is 1.23 bits per heavy atom. The molecular formula is C16H27N5O4Si. The molecule has 1 fully saturated rings. The molecule has 10 heteroatoms. The van der Waals surface area contributed by atoms with Gasteiger partial charge in [0, 0.05) is 0 Å². The Hall–Kier alpha value is -1.59. The molecule has 3 rings (SSSR count). The number of imidazole rings is 1. The number of ether oxygens (including phenoxy) is 1. The van der Waals surface area contributed by atoms with Crippen molar-refractivity contribution in [3.05, 3.63) is 12.7 Å². The minimum Gasteiger partial charge on any atom is -0.414 e. The highest BCUT2D eigenvalue weighted by Gasteiger charge is 2.46. The maximum atomic E-state index is 10.5. The zero-order chi connectivity index (χ0) is 19.3. The summed E-state index contributed by atoms with van der Waals surface area (Å²) in [6, 6.07) is 0. The van der Waals surface area contributed by atoms with E-state index < -0.39 is 32.9 Å². The summed E-state index contributed by atoms with van der Waals surface area (Å²) in [6.45, 7) is 10.9. The number of hydrogen-bond acceptors (Lipinski definition) is 8. The van der Waals surface area contributed by atoms with Gasteiger partial charge in [-0.1, -0.05) is 20.8 Å². The Morgan fingerprint density at radius 3 is 2.58 bits per heavy atom. The summed E-state index contributed by atoms with van der Waals surface area (Å²) in [5.41, 5.74) is 6.67. The average Bonchev–Trinajstić information content (AvgIpc) is 3.08. The van der Waals surface area contributed by atoms with Crippen LogP contribution in [0.3, 0.4) is 0 Å². The van der Waals surface area contributed by atoms with Crippen molar-refractivity contribution < 1.29 is 19.4 Å². The third-order valence-electron chi connectivity index (χ3n) is 5.41. The highest BCUT2D eigenvalue weighted by atomic mass is 28.4. The van der Waals surface area contributed by atoms with Crippen molar-refractivity contribution in [1.29, 1.82) is 0 Å². The SMILES string of the molecule is CC(C)(C)[Si](C)(C)OC[C@@H]1O[C@H](n2cnc3c(N)ncnc32)[C@@H](O)[C@@H]1O. The molecule has 0 amide bonds. The molecule has 144 valence electrons. The monoisotopic (exact) mass is 381 g/mol. The molecule has 0 aliphatic carbocycles. The Bertz CT molecular complexity index is 791. The first-order chi connectivity index (χ1) is 12.0. The fraction of sp³-hybridized carbons (Fsp3) is 0.688. The molecule has 0 aromatic carbocycles. The van der Waals surface area contributed by atoms with E-state index in [0.29, 0.717) is 11.2 Å². The van der Waals surface area contributed by atoms with Crippen LogP contribution in [-0.2, 0) is 9.16 Å². The number of anilines is 1. The van der Waals surface area contributed by atoms with Crippen LogP contribution < -0.4 is 5.73 Å². The van der Waals surface area contributed by atoms with Gasteiger partial charge in [0.1, 0.15) is 30.2 Å². The van der Waals surface area contributed by atoms with E-state index in [-0.39, 0.29) is 17.5 Å². The number of aliphatic hydroxyl groups is 2. The highest BCUT2D eigenvalue weighted by Crippen LogP contribution is 2.38. The van der Waals surface area contributed by atoms with E-state index in [2.05, 4.69) is 48.8 Å². The van der Waals surface area contributed by atoms with Crippen molar-refractivity contribution in [2.24, 2.45) is 0 Å². The van der Waals surface area contributed by atoms with Crippen LogP contribution in [0.5, 0.6) is 0 Å². The summed E-state index contributed by atoms with van der Waals surface area (Å²) in [6.07, 6.45) is -0.852. The van der Waals surface area contributed by atoms with Gasteiger partial charge in [0.2, 0.25) is 0 Å². The van der Waals surface area contributed by atoms with Crippen LogP contribution in [0.1, 0.15) is 27.0 Å². The van der Waals surface area contributed by atoms with E-state index in [9.17, 15) is 10.2 Å². The second kappa shape index (κ2) is 6.53. The van der Waals surface area contributed by atoms with Crippen LogP contribution >= 0.6 is 0 Å². The van der Waals surface area contributed by atoms with E-state index in [1.165, 1.54) is 12.7 Å². The van der Waals surface area contributed by atoms with E-state index in [0.717, 1.165) is 0 Å². The highest BCUT2D eigenvalue weighted by molar-refractivity contribution is 6.74. The molecule has 3 heterocycles. The summed E-state index contributed by atoms with van der Waals surface area (Å²) in [4.78, 5) is 12.2. The first-order valence-corrected chi connectivity index (χ1v) is 11.5. The molecule has 1 aliphatic rings. The van der Waals surface area contributed by atoms with E-state index in [1.54, 1.807) is 4.57 Å². The normalized spacial score (nSPS) is 27.3. The second-order valence-corrected chi connectivity index (χ2v) is 13.0. The molecule has 0 bridgehead atoms. The number of rotatable bonds is 4. The fourth-order valence-electron chi connectivity index (χ4n) is 2.66. The molecule has 9 nitrogen and oxygen atoms in total. The molecule has 0 unspecified atom stereocenters. The Labute approximate surface area is 153 Å². The van der Waals surface area contributed by atoms with Crippen LogP contribution in [0, 0.1) is 0 Å². The predicted octanol–water partition coefficient (Wildman–Crippen LogP) is 1.05. The molecule has 26 heavy (non-hydrogen) atoms. The van der Waals surface area contributed by atoms with Crippen molar-refractivity contribution in [2.75, 3.05) is 12.3 Å². The molecule has 0 spiro atoms. The largest absolute Gasteiger partial charge is 0.414 e. The number of nitrogens with two attached hydrogens (primary N) is 1. The quantitative estimate of drug-likeness (QED) is 0.670. The van der Waals surface area contributed by atoms with Crippen LogP contribution in [0.2, 0.25) is 18.1 Å². The first kappa shape index (κ1) is 19.2. The molecule has 4 N–H and O–H groups in total. The van der Waals surface area contributed by atoms with Gasteiger partial charge in [-0.05, 0) is 18.1 Å². The number of nitrogen functional groups attached to an aromatic ring is 1. The predicted molar refractivity (Wildman–Crippen MR) is 98.8 cm³/mol. The van der Waals surface area contributed by atoms with Gasteiger partial charge in [-0.15, -0.1) is 0 Å². The molecule has 1 saturated heterocycles. The third-order valence-corrected chi connectivity index (χ3v) is 9.91.